The lowest BCUT2D eigenvalue weighted by Gasteiger charge is -2.33. The SMILES string of the molecule is Cc1ccccc1C(CC(=O)O)NC(=O)C1CCCN(C(=O)C2CC2)C1. The average Bonchev–Trinajstić information content (AvgIpc) is 3.46. The van der Waals surface area contributed by atoms with Gasteiger partial charge in [0.15, 0.2) is 0 Å². The van der Waals surface area contributed by atoms with Crippen molar-refractivity contribution in [2.75, 3.05) is 13.1 Å². The van der Waals surface area contributed by atoms with Gasteiger partial charge in [0.2, 0.25) is 11.8 Å². The number of carbonyl (C=O) groups is 3. The Bertz CT molecular complexity index is 699. The number of carboxylic acid groups (broad SMARTS) is 1. The summed E-state index contributed by atoms with van der Waals surface area (Å²) in [7, 11) is 0. The molecule has 1 aliphatic carbocycles. The van der Waals surface area contributed by atoms with E-state index in [4.69, 9.17) is 0 Å². The largest absolute Gasteiger partial charge is 0.481 e. The van der Waals surface area contributed by atoms with Crippen molar-refractivity contribution in [3.63, 3.8) is 0 Å². The van der Waals surface area contributed by atoms with Gasteiger partial charge in [-0.25, -0.2) is 0 Å². The molecule has 2 amide bonds. The molecule has 2 aliphatic rings. The highest BCUT2D eigenvalue weighted by atomic mass is 16.4. The van der Waals surface area contributed by atoms with Gasteiger partial charge in [-0.05, 0) is 43.7 Å². The zero-order chi connectivity index (χ0) is 18.7. The Morgan fingerprint density at radius 2 is 1.92 bits per heavy atom. The van der Waals surface area contributed by atoms with Crippen LogP contribution in [0.15, 0.2) is 24.3 Å². The van der Waals surface area contributed by atoms with Gasteiger partial charge in [-0.2, -0.15) is 0 Å². The number of aryl methyl sites for hydroxylation is 1. The van der Waals surface area contributed by atoms with Crippen LogP contribution in [0.1, 0.15) is 49.3 Å². The van der Waals surface area contributed by atoms with Crippen molar-refractivity contribution in [1.29, 1.82) is 0 Å². The van der Waals surface area contributed by atoms with Gasteiger partial charge in [-0.3, -0.25) is 14.4 Å². The Morgan fingerprint density at radius 3 is 2.58 bits per heavy atom. The summed E-state index contributed by atoms with van der Waals surface area (Å²) in [6, 6.07) is 6.94. The third-order valence-electron chi connectivity index (χ3n) is 5.29. The number of aliphatic carboxylic acids is 1. The Hall–Kier alpha value is -2.37. The number of piperidine rings is 1. The van der Waals surface area contributed by atoms with Crippen molar-refractivity contribution < 1.29 is 19.5 Å². The first kappa shape index (κ1) is 18.4. The first-order valence-corrected chi connectivity index (χ1v) is 9.32. The maximum Gasteiger partial charge on any atom is 0.305 e. The maximum absolute atomic E-state index is 12.8. The van der Waals surface area contributed by atoms with Crippen LogP contribution in [-0.4, -0.2) is 40.9 Å². The summed E-state index contributed by atoms with van der Waals surface area (Å²) in [6.07, 6.45) is 3.30. The molecule has 2 atom stereocenters. The molecule has 1 aliphatic heterocycles. The number of likely N-dealkylation sites (tertiary alicyclic amines) is 1. The predicted octanol–water partition coefficient (Wildman–Crippen LogP) is 2.28. The summed E-state index contributed by atoms with van der Waals surface area (Å²) in [6.45, 7) is 3.07. The van der Waals surface area contributed by atoms with Crippen molar-refractivity contribution in [2.24, 2.45) is 11.8 Å². The summed E-state index contributed by atoms with van der Waals surface area (Å²) in [5, 5.41) is 12.2. The number of carboxylic acids is 1. The zero-order valence-corrected chi connectivity index (χ0v) is 15.1. The summed E-state index contributed by atoms with van der Waals surface area (Å²) in [5.41, 5.74) is 1.78. The van der Waals surface area contributed by atoms with Crippen molar-refractivity contribution >= 4 is 17.8 Å². The molecule has 2 unspecified atom stereocenters. The highest BCUT2D eigenvalue weighted by Crippen LogP contribution is 2.32. The Morgan fingerprint density at radius 1 is 1.19 bits per heavy atom. The molecule has 1 aromatic carbocycles. The van der Waals surface area contributed by atoms with Crippen molar-refractivity contribution in [1.82, 2.24) is 10.2 Å². The molecule has 2 N–H and O–H groups in total. The molecule has 1 saturated carbocycles. The minimum atomic E-state index is -0.951. The van der Waals surface area contributed by atoms with Crippen LogP contribution >= 0.6 is 0 Å². The molecule has 0 bridgehead atoms. The Labute approximate surface area is 153 Å². The molecular weight excluding hydrogens is 332 g/mol. The fourth-order valence-corrected chi connectivity index (χ4v) is 3.66. The molecule has 1 aromatic rings. The maximum atomic E-state index is 12.8. The number of carbonyl (C=O) groups excluding carboxylic acids is 2. The van der Waals surface area contributed by atoms with Crippen molar-refractivity contribution in [3.8, 4) is 0 Å². The molecule has 6 heteroatoms. The summed E-state index contributed by atoms with van der Waals surface area (Å²) < 4.78 is 0. The highest BCUT2D eigenvalue weighted by Gasteiger charge is 2.37. The number of benzene rings is 1. The Balaban J connectivity index is 1.67. The molecule has 6 nitrogen and oxygen atoms in total. The molecule has 1 heterocycles. The van der Waals surface area contributed by atoms with Crippen LogP contribution in [0, 0.1) is 18.8 Å². The lowest BCUT2D eigenvalue weighted by atomic mass is 9.94. The van der Waals surface area contributed by atoms with Gasteiger partial charge in [-0.1, -0.05) is 24.3 Å². The second kappa shape index (κ2) is 7.89. The van der Waals surface area contributed by atoms with E-state index in [1.807, 2.05) is 36.1 Å². The number of nitrogens with zero attached hydrogens (tertiary/aromatic N) is 1. The van der Waals surface area contributed by atoms with Crippen LogP contribution in [0.4, 0.5) is 0 Å². The standard InChI is InChI=1S/C20H26N2O4/c1-13-5-2-3-7-16(13)17(11-18(23)24)21-19(25)15-6-4-10-22(12-15)20(26)14-8-9-14/h2-3,5,7,14-15,17H,4,6,8-12H2,1H3,(H,21,25)(H,23,24). The summed E-state index contributed by atoms with van der Waals surface area (Å²) in [5.74, 6) is -1.06. The Kier molecular flexibility index (Phi) is 5.59. The van der Waals surface area contributed by atoms with E-state index in [2.05, 4.69) is 5.32 Å². The number of amides is 2. The summed E-state index contributed by atoms with van der Waals surface area (Å²) >= 11 is 0. The lowest BCUT2D eigenvalue weighted by molar-refractivity contribution is -0.138. The van der Waals surface area contributed by atoms with E-state index in [1.54, 1.807) is 0 Å². The lowest BCUT2D eigenvalue weighted by Crippen LogP contribution is -2.46. The van der Waals surface area contributed by atoms with E-state index in [9.17, 15) is 19.5 Å². The van der Waals surface area contributed by atoms with E-state index >= 15 is 0 Å². The smallest absolute Gasteiger partial charge is 0.305 e. The van der Waals surface area contributed by atoms with Crippen LogP contribution in [0.5, 0.6) is 0 Å². The topological polar surface area (TPSA) is 86.7 Å². The molecule has 3 rings (SSSR count). The molecule has 0 radical (unpaired) electrons. The minimum absolute atomic E-state index is 0.156. The van der Waals surface area contributed by atoms with Gasteiger partial charge in [0.1, 0.15) is 0 Å². The van der Waals surface area contributed by atoms with Gasteiger partial charge in [0.05, 0.1) is 18.4 Å². The van der Waals surface area contributed by atoms with Gasteiger partial charge in [0.25, 0.3) is 0 Å². The number of rotatable bonds is 6. The molecular formula is C20H26N2O4. The van der Waals surface area contributed by atoms with Gasteiger partial charge < -0.3 is 15.3 Å². The molecule has 26 heavy (non-hydrogen) atoms. The molecule has 2 fully saturated rings. The normalized spacial score (nSPS) is 21.1. The summed E-state index contributed by atoms with van der Waals surface area (Å²) in [4.78, 5) is 38.1. The zero-order valence-electron chi connectivity index (χ0n) is 15.1. The quantitative estimate of drug-likeness (QED) is 0.817. The minimum Gasteiger partial charge on any atom is -0.481 e. The van der Waals surface area contributed by atoms with Crippen LogP contribution in [-0.2, 0) is 14.4 Å². The number of nitrogens with one attached hydrogen (secondary N) is 1. The van der Waals surface area contributed by atoms with Gasteiger partial charge in [-0.15, -0.1) is 0 Å². The van der Waals surface area contributed by atoms with Crippen LogP contribution in [0.25, 0.3) is 0 Å². The number of hydrogen-bond donors (Lipinski definition) is 2. The monoisotopic (exact) mass is 358 g/mol. The van der Waals surface area contributed by atoms with Crippen LogP contribution < -0.4 is 5.32 Å². The van der Waals surface area contributed by atoms with E-state index in [-0.39, 0.29) is 30.1 Å². The third-order valence-corrected chi connectivity index (χ3v) is 5.29. The first-order valence-electron chi connectivity index (χ1n) is 9.32. The predicted molar refractivity (Wildman–Crippen MR) is 96.3 cm³/mol. The van der Waals surface area contributed by atoms with E-state index in [0.29, 0.717) is 6.54 Å². The van der Waals surface area contributed by atoms with E-state index in [1.165, 1.54) is 0 Å². The van der Waals surface area contributed by atoms with Crippen molar-refractivity contribution in [2.45, 2.75) is 45.1 Å². The first-order chi connectivity index (χ1) is 12.5. The van der Waals surface area contributed by atoms with Gasteiger partial charge in [0, 0.05) is 19.0 Å². The fraction of sp³-hybridized carbons (Fsp3) is 0.550. The molecule has 140 valence electrons. The third kappa shape index (κ3) is 4.42. The second-order valence-electron chi connectivity index (χ2n) is 7.41. The van der Waals surface area contributed by atoms with Gasteiger partial charge >= 0.3 is 5.97 Å². The second-order valence-corrected chi connectivity index (χ2v) is 7.41. The van der Waals surface area contributed by atoms with Crippen molar-refractivity contribution in [3.05, 3.63) is 35.4 Å². The average molecular weight is 358 g/mol. The molecule has 0 aromatic heterocycles. The van der Waals surface area contributed by atoms with E-state index in [0.717, 1.165) is 43.4 Å². The van der Waals surface area contributed by atoms with E-state index < -0.39 is 12.0 Å². The fourth-order valence-electron chi connectivity index (χ4n) is 3.66. The highest BCUT2D eigenvalue weighted by molar-refractivity contribution is 5.84. The van der Waals surface area contributed by atoms with Crippen LogP contribution in [0.2, 0.25) is 0 Å². The number of hydrogen-bond acceptors (Lipinski definition) is 3. The molecule has 0 spiro atoms. The molecule has 1 saturated heterocycles. The van der Waals surface area contributed by atoms with Crippen LogP contribution in [0.3, 0.4) is 0 Å².